The van der Waals surface area contributed by atoms with Crippen LogP contribution in [0.5, 0.6) is 0 Å². The Morgan fingerprint density at radius 1 is 0.923 bits per heavy atom. The van der Waals surface area contributed by atoms with Crippen LogP contribution in [0.3, 0.4) is 0 Å². The number of nitrogens with zero attached hydrogens (tertiary/aromatic N) is 4. The number of carbonyl (C=O) groups is 1. The molecule has 5 rings (SSSR count). The zero-order valence-electron chi connectivity index (χ0n) is 22.0. The van der Waals surface area contributed by atoms with Crippen LogP contribution in [0.15, 0.2) is 57.9 Å². The molecule has 0 saturated carbocycles. The van der Waals surface area contributed by atoms with Gasteiger partial charge in [0.05, 0.1) is 12.0 Å². The molecule has 1 aromatic heterocycles. The van der Waals surface area contributed by atoms with Gasteiger partial charge in [-0.25, -0.2) is 17.2 Å². The Kier molecular flexibility index (Phi) is 7.84. The van der Waals surface area contributed by atoms with Gasteiger partial charge in [-0.1, -0.05) is 29.4 Å². The number of carbonyl (C=O) groups excluding carboxylic acids is 1. The van der Waals surface area contributed by atoms with E-state index in [1.807, 2.05) is 0 Å². The first-order valence-corrected chi connectivity index (χ1v) is 14.6. The number of benzene rings is 2. The van der Waals surface area contributed by atoms with Crippen LogP contribution in [0.4, 0.5) is 8.78 Å². The lowest BCUT2D eigenvalue weighted by atomic mass is 9.95. The highest BCUT2D eigenvalue weighted by Crippen LogP contribution is 2.32. The van der Waals surface area contributed by atoms with E-state index in [4.69, 9.17) is 4.52 Å². The van der Waals surface area contributed by atoms with Crippen molar-refractivity contribution in [3.05, 3.63) is 82.7 Å². The van der Waals surface area contributed by atoms with Crippen LogP contribution in [0.1, 0.15) is 41.5 Å². The van der Waals surface area contributed by atoms with Gasteiger partial charge < -0.3 is 9.42 Å². The number of amides is 1. The van der Waals surface area contributed by atoms with Crippen molar-refractivity contribution >= 4 is 15.9 Å². The SMILES string of the molecule is Cc1noc(C)c1S(=O)(=O)N1CCCC(C(=O)N2CCN(C(c3ccc(F)cc3)c3ccc(F)cc3)CC2)C1. The van der Waals surface area contributed by atoms with Crippen molar-refractivity contribution in [2.75, 3.05) is 39.3 Å². The Hall–Kier alpha value is -3.15. The summed E-state index contributed by atoms with van der Waals surface area (Å²) in [6, 6.07) is 12.4. The Labute approximate surface area is 227 Å². The van der Waals surface area contributed by atoms with Gasteiger partial charge in [-0.15, -0.1) is 0 Å². The molecule has 11 heteroatoms. The number of hydrogen-bond donors (Lipinski definition) is 0. The van der Waals surface area contributed by atoms with Crippen molar-refractivity contribution in [3.63, 3.8) is 0 Å². The number of aromatic nitrogens is 1. The molecule has 0 N–H and O–H groups in total. The molecule has 1 atom stereocenters. The van der Waals surface area contributed by atoms with E-state index in [2.05, 4.69) is 10.1 Å². The van der Waals surface area contributed by atoms with Gasteiger partial charge >= 0.3 is 0 Å². The molecular formula is C28H32F2N4O4S. The van der Waals surface area contributed by atoms with Crippen molar-refractivity contribution in [1.82, 2.24) is 19.3 Å². The van der Waals surface area contributed by atoms with Crippen molar-refractivity contribution in [1.29, 1.82) is 0 Å². The van der Waals surface area contributed by atoms with Gasteiger partial charge in [0.15, 0.2) is 5.76 Å². The first kappa shape index (κ1) is 27.4. The summed E-state index contributed by atoms with van der Waals surface area (Å²) in [7, 11) is -3.82. The number of rotatable bonds is 6. The van der Waals surface area contributed by atoms with Crippen LogP contribution < -0.4 is 0 Å². The molecule has 0 aliphatic carbocycles. The van der Waals surface area contributed by atoms with E-state index in [1.165, 1.54) is 28.6 Å². The summed E-state index contributed by atoms with van der Waals surface area (Å²) in [5, 5.41) is 3.78. The Morgan fingerprint density at radius 2 is 1.49 bits per heavy atom. The lowest BCUT2D eigenvalue weighted by Gasteiger charge is -2.41. The third-order valence-corrected chi connectivity index (χ3v) is 9.77. The summed E-state index contributed by atoms with van der Waals surface area (Å²) in [4.78, 5) is 17.6. The quantitative estimate of drug-likeness (QED) is 0.456. The summed E-state index contributed by atoms with van der Waals surface area (Å²) in [5.41, 5.74) is 2.08. The fourth-order valence-electron chi connectivity index (χ4n) is 5.70. The molecule has 2 aliphatic rings. The molecule has 2 fully saturated rings. The minimum absolute atomic E-state index is 0.0478. The summed E-state index contributed by atoms with van der Waals surface area (Å²) in [5.74, 6) is -0.886. The number of aryl methyl sites for hydroxylation is 2. The number of halogens is 2. The van der Waals surface area contributed by atoms with E-state index in [0.29, 0.717) is 51.3 Å². The third-order valence-electron chi connectivity index (χ3n) is 7.66. The lowest BCUT2D eigenvalue weighted by Crippen LogP contribution is -2.53. The highest BCUT2D eigenvalue weighted by molar-refractivity contribution is 7.89. The Morgan fingerprint density at radius 3 is 2.00 bits per heavy atom. The van der Waals surface area contributed by atoms with Crippen molar-refractivity contribution in [2.24, 2.45) is 5.92 Å². The van der Waals surface area contributed by atoms with E-state index in [1.54, 1.807) is 43.0 Å². The molecule has 0 radical (unpaired) electrons. The fourth-order valence-corrected chi connectivity index (χ4v) is 7.51. The molecule has 39 heavy (non-hydrogen) atoms. The van der Waals surface area contributed by atoms with Gasteiger partial charge in [0.2, 0.25) is 15.9 Å². The second-order valence-electron chi connectivity index (χ2n) is 10.2. The summed E-state index contributed by atoms with van der Waals surface area (Å²) < 4.78 is 60.3. The molecule has 208 valence electrons. The van der Waals surface area contributed by atoms with Crippen LogP contribution in [-0.4, -0.2) is 72.9 Å². The van der Waals surface area contributed by atoms with E-state index >= 15 is 0 Å². The van der Waals surface area contributed by atoms with Crippen LogP contribution >= 0.6 is 0 Å². The maximum absolute atomic E-state index is 13.6. The van der Waals surface area contributed by atoms with Crippen LogP contribution in [0, 0.1) is 31.4 Å². The molecule has 8 nitrogen and oxygen atoms in total. The predicted octanol–water partition coefficient (Wildman–Crippen LogP) is 3.90. The van der Waals surface area contributed by atoms with Gasteiger partial charge in [-0.05, 0) is 62.1 Å². The van der Waals surface area contributed by atoms with Gasteiger partial charge in [0.25, 0.3) is 0 Å². The zero-order valence-corrected chi connectivity index (χ0v) is 22.8. The number of sulfonamides is 1. The minimum atomic E-state index is -3.82. The second-order valence-corrected chi connectivity index (χ2v) is 12.1. The highest BCUT2D eigenvalue weighted by atomic mass is 32.2. The fraction of sp³-hybridized carbons (Fsp3) is 0.429. The molecule has 3 heterocycles. The van der Waals surface area contributed by atoms with E-state index in [-0.39, 0.29) is 40.8 Å². The summed E-state index contributed by atoms with van der Waals surface area (Å²) in [6.45, 7) is 5.73. The van der Waals surface area contributed by atoms with Gasteiger partial charge in [0.1, 0.15) is 22.2 Å². The first-order valence-electron chi connectivity index (χ1n) is 13.1. The van der Waals surface area contributed by atoms with Crippen molar-refractivity contribution in [3.8, 4) is 0 Å². The largest absolute Gasteiger partial charge is 0.360 e. The van der Waals surface area contributed by atoms with Gasteiger partial charge in [0, 0.05) is 39.3 Å². The zero-order chi connectivity index (χ0) is 27.7. The standard InChI is InChI=1S/C28H32F2N4O4S/c1-19-27(20(2)38-31-19)39(36,37)34-13-3-4-23(18-34)28(35)33-16-14-32(15-17-33)26(21-5-9-24(29)10-6-21)22-7-11-25(30)12-8-22/h5-12,23,26H,3-4,13-18H2,1-2H3. The lowest BCUT2D eigenvalue weighted by molar-refractivity contribution is -0.138. The first-order chi connectivity index (χ1) is 18.6. The van der Waals surface area contributed by atoms with Crippen molar-refractivity contribution in [2.45, 2.75) is 37.6 Å². The Bertz CT molecular complexity index is 1350. The minimum Gasteiger partial charge on any atom is -0.360 e. The van der Waals surface area contributed by atoms with Crippen molar-refractivity contribution < 1.29 is 26.5 Å². The van der Waals surface area contributed by atoms with Crippen LogP contribution in [0.25, 0.3) is 0 Å². The molecule has 2 aliphatic heterocycles. The van der Waals surface area contributed by atoms with Crippen LogP contribution in [-0.2, 0) is 14.8 Å². The smallest absolute Gasteiger partial charge is 0.248 e. The van der Waals surface area contributed by atoms with Crippen LogP contribution in [0.2, 0.25) is 0 Å². The van der Waals surface area contributed by atoms with Gasteiger partial charge in [-0.3, -0.25) is 9.69 Å². The normalized spacial score (nSPS) is 19.5. The average Bonchev–Trinajstić information content (AvgIpc) is 3.29. The molecule has 1 unspecified atom stereocenters. The molecule has 0 bridgehead atoms. The predicted molar refractivity (Wildman–Crippen MR) is 140 cm³/mol. The molecule has 2 saturated heterocycles. The topological polar surface area (TPSA) is 87.0 Å². The molecule has 1 amide bonds. The Balaban J connectivity index is 1.28. The van der Waals surface area contributed by atoms with E-state index in [9.17, 15) is 22.0 Å². The molecule has 2 aromatic carbocycles. The van der Waals surface area contributed by atoms with E-state index in [0.717, 1.165) is 11.1 Å². The van der Waals surface area contributed by atoms with E-state index < -0.39 is 15.9 Å². The maximum Gasteiger partial charge on any atom is 0.248 e. The average molecular weight is 559 g/mol. The second kappa shape index (κ2) is 11.1. The highest BCUT2D eigenvalue weighted by Gasteiger charge is 2.38. The number of piperidine rings is 1. The maximum atomic E-state index is 13.6. The number of hydrogen-bond acceptors (Lipinski definition) is 6. The molecule has 0 spiro atoms. The van der Waals surface area contributed by atoms with Gasteiger partial charge in [-0.2, -0.15) is 4.31 Å². The summed E-state index contributed by atoms with van der Waals surface area (Å²) >= 11 is 0. The third kappa shape index (κ3) is 5.61. The summed E-state index contributed by atoms with van der Waals surface area (Å²) in [6.07, 6.45) is 1.22. The monoisotopic (exact) mass is 558 g/mol. The number of piperazine rings is 1. The molecular weight excluding hydrogens is 526 g/mol. The molecule has 3 aromatic rings.